The molecule has 0 N–H and O–H groups in total. The van der Waals surface area contributed by atoms with Crippen LogP contribution in [0.4, 0.5) is 0 Å². The molecule has 2 aliphatic heterocycles. The normalized spacial score (nSPS) is 29.4. The molecular weight excluding hydrogens is 368 g/mol. The molecule has 1 aliphatic carbocycles. The summed E-state index contributed by atoms with van der Waals surface area (Å²) in [5, 5.41) is 0. The van der Waals surface area contributed by atoms with Crippen molar-refractivity contribution in [2.24, 2.45) is 5.92 Å². The summed E-state index contributed by atoms with van der Waals surface area (Å²) < 4.78 is 11.8. The number of nitrogens with zero attached hydrogens (tertiary/aromatic N) is 2. The SMILES string of the molecule is CCN1C(=O)CO[C@H]2C[C@@H](C(=O)N3CCC(OC)(c4ccccc4)CC3)CC[C@@H]21. The molecule has 6 heteroatoms. The molecule has 3 atom stereocenters. The summed E-state index contributed by atoms with van der Waals surface area (Å²) in [5.74, 6) is 0.311. The molecule has 3 fully saturated rings. The molecule has 0 aromatic heterocycles. The molecule has 0 unspecified atom stereocenters. The third-order valence-electron chi connectivity index (χ3n) is 7.16. The molecule has 3 aliphatic rings. The molecule has 2 heterocycles. The lowest BCUT2D eigenvalue weighted by Gasteiger charge is -2.46. The number of morpholine rings is 1. The van der Waals surface area contributed by atoms with Gasteiger partial charge < -0.3 is 19.3 Å². The first kappa shape index (κ1) is 20.4. The minimum absolute atomic E-state index is 0.00470. The van der Waals surface area contributed by atoms with Crippen LogP contribution in [0.1, 0.15) is 44.6 Å². The standard InChI is InChI=1S/C23H32N2O4/c1-3-25-19-10-9-17(15-20(19)29-16-21(25)26)22(27)24-13-11-23(28-2,12-14-24)18-7-5-4-6-8-18/h4-8,17,19-20H,3,9-16H2,1-2H3/t17-,19-,20-/m0/s1. The quantitative estimate of drug-likeness (QED) is 0.779. The van der Waals surface area contributed by atoms with Crippen molar-refractivity contribution in [1.82, 2.24) is 9.80 Å². The lowest BCUT2D eigenvalue weighted by molar-refractivity contribution is -0.165. The monoisotopic (exact) mass is 400 g/mol. The Morgan fingerprint density at radius 3 is 2.59 bits per heavy atom. The van der Waals surface area contributed by atoms with Crippen molar-refractivity contribution in [1.29, 1.82) is 0 Å². The number of piperidine rings is 1. The number of amides is 2. The van der Waals surface area contributed by atoms with Gasteiger partial charge in [0.15, 0.2) is 0 Å². The van der Waals surface area contributed by atoms with Gasteiger partial charge in [-0.3, -0.25) is 9.59 Å². The van der Waals surface area contributed by atoms with Crippen molar-refractivity contribution in [2.75, 3.05) is 33.4 Å². The van der Waals surface area contributed by atoms with Crippen molar-refractivity contribution < 1.29 is 19.1 Å². The van der Waals surface area contributed by atoms with E-state index in [1.807, 2.05) is 34.9 Å². The number of methoxy groups -OCH3 is 1. The Bertz CT molecular complexity index is 730. The summed E-state index contributed by atoms with van der Waals surface area (Å²) >= 11 is 0. The van der Waals surface area contributed by atoms with Crippen LogP contribution in [0.25, 0.3) is 0 Å². The topological polar surface area (TPSA) is 59.1 Å². The van der Waals surface area contributed by atoms with E-state index in [0.29, 0.717) is 19.6 Å². The third-order valence-corrected chi connectivity index (χ3v) is 7.16. The van der Waals surface area contributed by atoms with E-state index >= 15 is 0 Å². The average Bonchev–Trinajstić information content (AvgIpc) is 2.79. The van der Waals surface area contributed by atoms with E-state index < -0.39 is 0 Å². The maximum Gasteiger partial charge on any atom is 0.248 e. The fourth-order valence-electron chi connectivity index (χ4n) is 5.43. The largest absolute Gasteiger partial charge is 0.373 e. The summed E-state index contributed by atoms with van der Waals surface area (Å²) in [7, 11) is 1.77. The van der Waals surface area contributed by atoms with E-state index in [1.165, 1.54) is 5.56 Å². The van der Waals surface area contributed by atoms with Crippen LogP contribution >= 0.6 is 0 Å². The van der Waals surface area contributed by atoms with Gasteiger partial charge in [0.1, 0.15) is 6.61 Å². The number of hydrogen-bond donors (Lipinski definition) is 0. The molecule has 1 aromatic carbocycles. The Balaban J connectivity index is 1.37. The zero-order valence-corrected chi connectivity index (χ0v) is 17.5. The first-order valence-corrected chi connectivity index (χ1v) is 10.9. The molecule has 0 radical (unpaired) electrons. The lowest BCUT2D eigenvalue weighted by atomic mass is 9.80. The van der Waals surface area contributed by atoms with Gasteiger partial charge in [-0.25, -0.2) is 0 Å². The molecule has 29 heavy (non-hydrogen) atoms. The van der Waals surface area contributed by atoms with E-state index in [1.54, 1.807) is 7.11 Å². The average molecular weight is 401 g/mol. The molecule has 0 bridgehead atoms. The Hall–Kier alpha value is -1.92. The maximum atomic E-state index is 13.2. The Labute approximate surface area is 173 Å². The second kappa shape index (κ2) is 8.44. The minimum Gasteiger partial charge on any atom is -0.373 e. The molecule has 4 rings (SSSR count). The van der Waals surface area contributed by atoms with Gasteiger partial charge in [-0.05, 0) is 44.6 Å². The zero-order chi connectivity index (χ0) is 20.4. The summed E-state index contributed by atoms with van der Waals surface area (Å²) in [6.07, 6.45) is 4.01. The lowest BCUT2D eigenvalue weighted by Crippen LogP contribution is -2.58. The fraction of sp³-hybridized carbons (Fsp3) is 0.652. The van der Waals surface area contributed by atoms with E-state index in [4.69, 9.17) is 9.47 Å². The summed E-state index contributed by atoms with van der Waals surface area (Å²) in [4.78, 5) is 29.2. The Morgan fingerprint density at radius 2 is 1.93 bits per heavy atom. The van der Waals surface area contributed by atoms with Crippen LogP contribution in [-0.4, -0.2) is 67.1 Å². The number of likely N-dealkylation sites (N-methyl/N-ethyl adjacent to an activating group) is 1. The summed E-state index contributed by atoms with van der Waals surface area (Å²) in [6.45, 7) is 4.30. The van der Waals surface area contributed by atoms with Gasteiger partial charge in [-0.1, -0.05) is 30.3 Å². The number of carbonyl (C=O) groups excluding carboxylic acids is 2. The highest BCUT2D eigenvalue weighted by Crippen LogP contribution is 2.38. The highest BCUT2D eigenvalue weighted by atomic mass is 16.5. The summed E-state index contributed by atoms with van der Waals surface area (Å²) in [5.41, 5.74) is 0.888. The van der Waals surface area contributed by atoms with E-state index in [0.717, 1.165) is 32.1 Å². The van der Waals surface area contributed by atoms with Crippen molar-refractivity contribution in [3.05, 3.63) is 35.9 Å². The Kier molecular flexibility index (Phi) is 5.93. The summed E-state index contributed by atoms with van der Waals surface area (Å²) in [6, 6.07) is 10.5. The highest BCUT2D eigenvalue weighted by molar-refractivity contribution is 5.80. The second-order valence-corrected chi connectivity index (χ2v) is 8.50. The van der Waals surface area contributed by atoms with Crippen molar-refractivity contribution >= 4 is 11.8 Å². The van der Waals surface area contributed by atoms with E-state index in [2.05, 4.69) is 12.1 Å². The van der Waals surface area contributed by atoms with Gasteiger partial charge in [0.25, 0.3) is 0 Å². The van der Waals surface area contributed by atoms with Gasteiger partial charge in [-0.15, -0.1) is 0 Å². The molecule has 2 amide bonds. The van der Waals surface area contributed by atoms with Crippen LogP contribution in [0.15, 0.2) is 30.3 Å². The van der Waals surface area contributed by atoms with Crippen LogP contribution in [0, 0.1) is 5.92 Å². The predicted octanol–water partition coefficient (Wildman–Crippen LogP) is 2.57. The maximum absolute atomic E-state index is 13.2. The smallest absolute Gasteiger partial charge is 0.248 e. The third kappa shape index (κ3) is 3.80. The molecule has 158 valence electrons. The Morgan fingerprint density at radius 1 is 1.21 bits per heavy atom. The highest BCUT2D eigenvalue weighted by Gasteiger charge is 2.44. The number of ether oxygens (including phenoxy) is 2. The number of fused-ring (bicyclic) bond motifs is 1. The van der Waals surface area contributed by atoms with Crippen LogP contribution < -0.4 is 0 Å². The van der Waals surface area contributed by atoms with E-state index in [-0.39, 0.29) is 42.1 Å². The predicted molar refractivity (Wildman–Crippen MR) is 109 cm³/mol. The van der Waals surface area contributed by atoms with Crippen molar-refractivity contribution in [3.8, 4) is 0 Å². The van der Waals surface area contributed by atoms with E-state index in [9.17, 15) is 9.59 Å². The van der Waals surface area contributed by atoms with Crippen LogP contribution in [0.3, 0.4) is 0 Å². The fourth-order valence-corrected chi connectivity index (χ4v) is 5.43. The molecule has 1 saturated carbocycles. The second-order valence-electron chi connectivity index (χ2n) is 8.50. The van der Waals surface area contributed by atoms with Gasteiger partial charge in [-0.2, -0.15) is 0 Å². The molecular formula is C23H32N2O4. The van der Waals surface area contributed by atoms with Crippen molar-refractivity contribution in [3.63, 3.8) is 0 Å². The van der Waals surface area contributed by atoms with Gasteiger partial charge >= 0.3 is 0 Å². The molecule has 6 nitrogen and oxygen atoms in total. The number of carbonyl (C=O) groups is 2. The van der Waals surface area contributed by atoms with Crippen molar-refractivity contribution in [2.45, 2.75) is 56.8 Å². The number of rotatable bonds is 4. The van der Waals surface area contributed by atoms with Gasteiger partial charge in [0.2, 0.25) is 11.8 Å². The van der Waals surface area contributed by atoms with Crippen LogP contribution in [-0.2, 0) is 24.7 Å². The van der Waals surface area contributed by atoms with Gasteiger partial charge in [0, 0.05) is 32.7 Å². The number of likely N-dealkylation sites (tertiary alicyclic amines) is 1. The molecule has 0 spiro atoms. The first-order chi connectivity index (χ1) is 14.1. The molecule has 1 aromatic rings. The molecule has 2 saturated heterocycles. The zero-order valence-electron chi connectivity index (χ0n) is 17.5. The minimum atomic E-state index is -0.301. The van der Waals surface area contributed by atoms with Crippen LogP contribution in [0.5, 0.6) is 0 Å². The number of hydrogen-bond acceptors (Lipinski definition) is 4. The number of benzene rings is 1. The first-order valence-electron chi connectivity index (χ1n) is 10.9. The van der Waals surface area contributed by atoms with Gasteiger partial charge in [0.05, 0.1) is 17.7 Å². The van der Waals surface area contributed by atoms with Crippen LogP contribution in [0.2, 0.25) is 0 Å².